The van der Waals surface area contributed by atoms with Gasteiger partial charge in [0.15, 0.2) is 11.5 Å². The summed E-state index contributed by atoms with van der Waals surface area (Å²) in [6.07, 6.45) is 4.89. The third-order valence-corrected chi connectivity index (χ3v) is 8.74. The average Bonchev–Trinajstić information content (AvgIpc) is 3.24. The number of benzene rings is 4. The zero-order valence-electron chi connectivity index (χ0n) is 32.5. The van der Waals surface area contributed by atoms with Gasteiger partial charge < -0.3 is 37.9 Å². The quantitative estimate of drug-likeness (QED) is 0.0244. The lowest BCUT2D eigenvalue weighted by Gasteiger charge is -2.15. The molecule has 0 amide bonds. The topological polar surface area (TPSA) is 154 Å². The number of carbonyl (C=O) groups is 4. The van der Waals surface area contributed by atoms with Gasteiger partial charge in [0.25, 0.3) is 0 Å². The summed E-state index contributed by atoms with van der Waals surface area (Å²) in [5.41, 5.74) is 2.41. The highest BCUT2D eigenvalue weighted by Crippen LogP contribution is 2.40. The van der Waals surface area contributed by atoms with Crippen LogP contribution in [0.3, 0.4) is 0 Å². The number of ether oxygens (including phenoxy) is 8. The molecule has 0 saturated carbocycles. The number of carbonyl (C=O) groups excluding carboxylic acids is 4. The van der Waals surface area contributed by atoms with Crippen LogP contribution in [0.15, 0.2) is 114 Å². The van der Waals surface area contributed by atoms with Crippen molar-refractivity contribution in [3.63, 3.8) is 0 Å². The van der Waals surface area contributed by atoms with Crippen LogP contribution in [0.4, 0.5) is 5.69 Å². The van der Waals surface area contributed by atoms with Gasteiger partial charge in [0.1, 0.15) is 17.2 Å². The molecule has 0 aliphatic heterocycles. The van der Waals surface area contributed by atoms with E-state index in [1.807, 2.05) is 0 Å². The minimum Gasteiger partial charge on any atom is -0.494 e. The zero-order chi connectivity index (χ0) is 41.9. The number of esters is 4. The van der Waals surface area contributed by atoms with Gasteiger partial charge in [0.2, 0.25) is 5.75 Å². The van der Waals surface area contributed by atoms with E-state index in [0.717, 1.165) is 12.2 Å². The number of rotatable bonds is 22. The molecule has 4 aromatic rings. The van der Waals surface area contributed by atoms with Crippen LogP contribution in [-0.4, -0.2) is 70.2 Å². The molecule has 0 spiro atoms. The number of unbranched alkanes of at least 4 members (excludes halogenated alkanes) is 2. The van der Waals surface area contributed by atoms with Crippen molar-refractivity contribution < 1.29 is 57.1 Å². The summed E-state index contributed by atoms with van der Waals surface area (Å²) in [7, 11) is 2.90. The van der Waals surface area contributed by atoms with E-state index < -0.39 is 23.9 Å². The van der Waals surface area contributed by atoms with Crippen molar-refractivity contribution >= 4 is 51.2 Å². The number of halogens is 1. The van der Waals surface area contributed by atoms with Gasteiger partial charge in [0.05, 0.1) is 57.5 Å². The molecular formula is C44H44BrNO12. The molecule has 304 valence electrons. The first-order chi connectivity index (χ1) is 28.0. The van der Waals surface area contributed by atoms with Crippen LogP contribution >= 0.6 is 15.9 Å². The summed E-state index contributed by atoms with van der Waals surface area (Å²) >= 11 is 3.53. The molecule has 14 heteroatoms. The van der Waals surface area contributed by atoms with E-state index in [1.54, 1.807) is 85.8 Å². The number of nitrogens with zero attached hydrogens (tertiary/aromatic N) is 1. The molecule has 0 fully saturated rings. The number of hydrogen-bond donors (Lipinski definition) is 0. The minimum atomic E-state index is -0.630. The molecule has 58 heavy (non-hydrogen) atoms. The highest BCUT2D eigenvalue weighted by molar-refractivity contribution is 9.10. The van der Waals surface area contributed by atoms with Crippen LogP contribution in [-0.2, 0) is 19.1 Å². The Morgan fingerprint density at radius 2 is 1.05 bits per heavy atom. The molecule has 0 bridgehead atoms. The third kappa shape index (κ3) is 13.7. The number of aliphatic imine (C=N–C) groups is 1. The van der Waals surface area contributed by atoms with Crippen molar-refractivity contribution in [2.75, 3.05) is 40.6 Å². The van der Waals surface area contributed by atoms with Crippen LogP contribution in [0.25, 0.3) is 0 Å². The standard InChI is InChI=1S/C44H44BrNO12/c1-6-40(47)55-24-10-8-22-53-33-16-12-30(13-17-33)43(49)57-35-20-21-37(36(45)28-35)46-29(3)32-26-38(51-4)42(39(27-32)52-5)58-44(50)31-14-18-34(19-15-31)54-23-9-11-25-56-41(48)7-2/h6-7,12-21,26-28H,1-2,8-11,22-25H2,3-5H3. The first-order valence-electron chi connectivity index (χ1n) is 18.1. The van der Waals surface area contributed by atoms with Crippen LogP contribution in [0.5, 0.6) is 34.5 Å². The highest BCUT2D eigenvalue weighted by Gasteiger charge is 2.20. The van der Waals surface area contributed by atoms with Gasteiger partial charge in [-0.05, 0) is 127 Å². The number of methoxy groups -OCH3 is 2. The maximum absolute atomic E-state index is 13.1. The first-order valence-corrected chi connectivity index (χ1v) is 18.9. The van der Waals surface area contributed by atoms with Crippen molar-refractivity contribution in [1.82, 2.24) is 0 Å². The molecule has 0 aromatic heterocycles. The van der Waals surface area contributed by atoms with E-state index in [1.165, 1.54) is 14.2 Å². The van der Waals surface area contributed by atoms with E-state index in [0.29, 0.717) is 89.8 Å². The van der Waals surface area contributed by atoms with Crippen molar-refractivity contribution in [2.24, 2.45) is 4.99 Å². The smallest absolute Gasteiger partial charge is 0.343 e. The average molecular weight is 859 g/mol. The lowest BCUT2D eigenvalue weighted by atomic mass is 10.1. The SMILES string of the molecule is C=CC(=O)OCCCCOc1ccc(C(=O)Oc2ccc(N=C(C)c3cc(OC)c(OC(=O)c4ccc(OCCCCOC(=O)C=C)cc4)c(OC)c3)c(Br)c2)cc1. The van der Waals surface area contributed by atoms with Gasteiger partial charge in [-0.1, -0.05) is 13.2 Å². The Morgan fingerprint density at radius 1 is 0.603 bits per heavy atom. The highest BCUT2D eigenvalue weighted by atomic mass is 79.9. The summed E-state index contributed by atoms with van der Waals surface area (Å²) in [6, 6.07) is 21.4. The second kappa shape index (κ2) is 23.0. The Morgan fingerprint density at radius 3 is 1.50 bits per heavy atom. The summed E-state index contributed by atoms with van der Waals surface area (Å²) < 4.78 is 44.4. The summed E-state index contributed by atoms with van der Waals surface area (Å²) in [5.74, 6) is -0.0210. The molecule has 0 aliphatic carbocycles. The maximum Gasteiger partial charge on any atom is 0.343 e. The summed E-state index contributed by atoms with van der Waals surface area (Å²) in [6.45, 7) is 9.92. The minimum absolute atomic E-state index is 0.0965. The zero-order valence-corrected chi connectivity index (χ0v) is 34.0. The lowest BCUT2D eigenvalue weighted by Crippen LogP contribution is -2.11. The first kappa shape index (κ1) is 44.3. The van der Waals surface area contributed by atoms with Crippen LogP contribution in [0.1, 0.15) is 58.9 Å². The Bertz CT molecular complexity index is 2070. The molecule has 0 N–H and O–H groups in total. The lowest BCUT2D eigenvalue weighted by molar-refractivity contribution is -0.138. The van der Waals surface area contributed by atoms with Gasteiger partial charge in [-0.3, -0.25) is 4.99 Å². The molecular weight excluding hydrogens is 814 g/mol. The maximum atomic E-state index is 13.1. The van der Waals surface area contributed by atoms with Crippen molar-refractivity contribution in [2.45, 2.75) is 32.6 Å². The fourth-order valence-electron chi connectivity index (χ4n) is 5.02. The molecule has 0 radical (unpaired) electrons. The summed E-state index contributed by atoms with van der Waals surface area (Å²) in [4.78, 5) is 53.0. The largest absolute Gasteiger partial charge is 0.494 e. The predicted molar refractivity (Wildman–Crippen MR) is 220 cm³/mol. The molecule has 4 aromatic carbocycles. The van der Waals surface area contributed by atoms with Gasteiger partial charge in [0, 0.05) is 27.9 Å². The molecule has 0 saturated heterocycles. The van der Waals surface area contributed by atoms with Crippen LogP contribution < -0.4 is 28.4 Å². The van der Waals surface area contributed by atoms with Crippen LogP contribution in [0.2, 0.25) is 0 Å². The van der Waals surface area contributed by atoms with E-state index in [2.05, 4.69) is 29.1 Å². The second-order valence-electron chi connectivity index (χ2n) is 12.2. The van der Waals surface area contributed by atoms with Crippen LogP contribution in [0, 0.1) is 0 Å². The van der Waals surface area contributed by atoms with Crippen molar-refractivity contribution in [1.29, 1.82) is 0 Å². The summed E-state index contributed by atoms with van der Waals surface area (Å²) in [5, 5.41) is 0. The van der Waals surface area contributed by atoms with E-state index in [4.69, 9.17) is 42.9 Å². The second-order valence-corrected chi connectivity index (χ2v) is 13.1. The Balaban J connectivity index is 1.33. The fourth-order valence-corrected chi connectivity index (χ4v) is 5.47. The van der Waals surface area contributed by atoms with Gasteiger partial charge in [-0.25, -0.2) is 19.2 Å². The molecule has 4 rings (SSSR count). The van der Waals surface area contributed by atoms with Gasteiger partial charge in [-0.15, -0.1) is 0 Å². The van der Waals surface area contributed by atoms with Gasteiger partial charge >= 0.3 is 23.9 Å². The third-order valence-electron chi connectivity index (χ3n) is 8.11. The normalized spacial score (nSPS) is 10.8. The molecule has 0 unspecified atom stereocenters. The molecule has 13 nitrogen and oxygen atoms in total. The van der Waals surface area contributed by atoms with E-state index >= 15 is 0 Å². The Labute approximate surface area is 345 Å². The molecule has 0 aliphatic rings. The Kier molecular flexibility index (Phi) is 17.5. The van der Waals surface area contributed by atoms with E-state index in [9.17, 15) is 19.2 Å². The Hall–Kier alpha value is -6.41. The van der Waals surface area contributed by atoms with Gasteiger partial charge in [-0.2, -0.15) is 0 Å². The van der Waals surface area contributed by atoms with E-state index in [-0.39, 0.29) is 29.4 Å². The van der Waals surface area contributed by atoms with Crippen molar-refractivity contribution in [3.05, 3.63) is 125 Å². The number of hydrogen-bond acceptors (Lipinski definition) is 13. The fraction of sp³-hybridized carbons (Fsp3) is 0.250. The predicted octanol–water partition coefficient (Wildman–Crippen LogP) is 8.82. The molecule has 0 heterocycles. The molecule has 0 atom stereocenters. The van der Waals surface area contributed by atoms with Crippen molar-refractivity contribution in [3.8, 4) is 34.5 Å². The monoisotopic (exact) mass is 857 g/mol.